The van der Waals surface area contributed by atoms with E-state index in [2.05, 4.69) is 35.3 Å². The van der Waals surface area contributed by atoms with Crippen LogP contribution in [0.1, 0.15) is 11.4 Å². The minimum Gasteiger partial charge on any atom is -0.481 e. The number of hydrogen-bond acceptors (Lipinski definition) is 9. The summed E-state index contributed by atoms with van der Waals surface area (Å²) in [5.41, 5.74) is 1.76. The second kappa shape index (κ2) is 5.72. The van der Waals surface area contributed by atoms with Gasteiger partial charge in [-0.05, 0) is 15.2 Å². The molecule has 110 valence electrons. The van der Waals surface area contributed by atoms with Crippen LogP contribution in [-0.2, 0) is 22.4 Å². The Kier molecular flexibility index (Phi) is 3.83. The van der Waals surface area contributed by atoms with Gasteiger partial charge in [0.2, 0.25) is 11.5 Å². The third kappa shape index (κ3) is 3.34. The molecule has 2 aromatic heterocycles. The lowest BCUT2D eigenvalue weighted by molar-refractivity contribution is -0.434. The number of nitroso groups, excluding NO2 is 1. The maximum absolute atomic E-state index is 11.8. The summed E-state index contributed by atoms with van der Waals surface area (Å²) in [6.07, 6.45) is -1.11. The van der Waals surface area contributed by atoms with Crippen molar-refractivity contribution in [3.63, 3.8) is 0 Å². The molecule has 0 amide bonds. The van der Waals surface area contributed by atoms with Crippen LogP contribution in [0, 0.1) is 4.91 Å². The quantitative estimate of drug-likeness (QED) is 0.425. The number of aliphatic carboxylic acids is 2. The van der Waals surface area contributed by atoms with Gasteiger partial charge in [-0.15, -0.1) is 4.63 Å². The van der Waals surface area contributed by atoms with Crippen LogP contribution >= 0.6 is 0 Å². The Morgan fingerprint density at radius 1 is 1.00 bits per heavy atom. The predicted octanol–water partition coefficient (Wildman–Crippen LogP) is -0.856. The normalized spacial score (nSPS) is 10.3. The lowest BCUT2D eigenvalue weighted by Gasteiger charge is -1.95. The first kappa shape index (κ1) is 14.0. The highest BCUT2D eigenvalue weighted by Gasteiger charge is 2.30. The number of anilines is 1. The van der Waals surface area contributed by atoms with Gasteiger partial charge in [0.15, 0.2) is 5.16 Å². The highest BCUT2D eigenvalue weighted by atomic mass is 16.6. The number of aromatic nitrogens is 4. The fourth-order valence-electron chi connectivity index (χ4n) is 1.31. The molecule has 0 saturated heterocycles. The van der Waals surface area contributed by atoms with Gasteiger partial charge < -0.3 is 10.2 Å². The van der Waals surface area contributed by atoms with Crippen molar-refractivity contribution in [2.24, 2.45) is 0 Å². The van der Waals surface area contributed by atoms with Crippen LogP contribution < -0.4 is 5.43 Å². The van der Waals surface area contributed by atoms with E-state index < -0.39 is 30.6 Å². The molecule has 0 unspecified atom stereocenters. The lowest BCUT2D eigenvalue weighted by Crippen LogP contribution is -2.15. The van der Waals surface area contributed by atoms with Crippen molar-refractivity contribution in [3.8, 4) is 0 Å². The van der Waals surface area contributed by atoms with Crippen LogP contribution in [0.2, 0.25) is 0 Å². The van der Waals surface area contributed by atoms with Crippen LogP contribution in [0.4, 0.5) is 11.6 Å². The van der Waals surface area contributed by atoms with Crippen molar-refractivity contribution >= 4 is 23.6 Å². The molecular formula is C8H7N6O7+. The van der Waals surface area contributed by atoms with E-state index in [9.17, 15) is 14.5 Å². The first-order chi connectivity index (χ1) is 9.97. The number of hydrogen-bond donors (Lipinski definition) is 3. The van der Waals surface area contributed by atoms with E-state index in [0.717, 1.165) is 0 Å². The standard InChI is InChI=1S/C8H6N6O7/c15-5(16)1-3-7(12-20-10-3)9-14(19)8-4(2-6(17)18)11-21-13-8/h1-2H2,(H2-,9,12,15,16,17,18,19)/p+1. The zero-order valence-electron chi connectivity index (χ0n) is 10.1. The van der Waals surface area contributed by atoms with Gasteiger partial charge in [0.25, 0.3) is 0 Å². The van der Waals surface area contributed by atoms with Crippen LogP contribution in [0.15, 0.2) is 9.26 Å². The number of carbonyl (C=O) groups is 2. The number of rotatable bonds is 7. The molecule has 2 heterocycles. The van der Waals surface area contributed by atoms with E-state index in [1.807, 2.05) is 0 Å². The minimum atomic E-state index is -1.24. The fourth-order valence-corrected chi connectivity index (χ4v) is 1.31. The molecule has 0 saturated carbocycles. The Morgan fingerprint density at radius 2 is 1.57 bits per heavy atom. The molecule has 2 rings (SSSR count). The van der Waals surface area contributed by atoms with Crippen LogP contribution in [0.5, 0.6) is 0 Å². The Balaban J connectivity index is 2.15. The molecule has 0 radical (unpaired) electrons. The first-order valence-electron chi connectivity index (χ1n) is 5.27. The van der Waals surface area contributed by atoms with Crippen LogP contribution in [-0.4, -0.2) is 47.6 Å². The Labute approximate surface area is 114 Å². The summed E-state index contributed by atoms with van der Waals surface area (Å²) in [4.78, 5) is 33.0. The Bertz CT molecular complexity index is 691. The minimum absolute atomic E-state index is 0.0135. The summed E-state index contributed by atoms with van der Waals surface area (Å²) in [6.45, 7) is 0. The lowest BCUT2D eigenvalue weighted by atomic mass is 10.3. The monoisotopic (exact) mass is 299 g/mol. The third-order valence-corrected chi connectivity index (χ3v) is 2.13. The summed E-state index contributed by atoms with van der Waals surface area (Å²) in [5.74, 6) is -3.14. The molecule has 3 N–H and O–H groups in total. The van der Waals surface area contributed by atoms with Crippen molar-refractivity contribution in [1.29, 1.82) is 0 Å². The molecule has 0 spiro atoms. The number of nitrogens with zero attached hydrogens (tertiary/aromatic N) is 5. The zero-order valence-corrected chi connectivity index (χ0v) is 10.1. The van der Waals surface area contributed by atoms with E-state index in [1.54, 1.807) is 0 Å². The van der Waals surface area contributed by atoms with E-state index in [-0.39, 0.29) is 22.1 Å². The van der Waals surface area contributed by atoms with Gasteiger partial charge in [-0.25, -0.2) is 4.63 Å². The van der Waals surface area contributed by atoms with Gasteiger partial charge in [-0.2, -0.15) is 5.43 Å². The molecule has 2 aromatic rings. The van der Waals surface area contributed by atoms with Crippen molar-refractivity contribution in [3.05, 3.63) is 16.3 Å². The van der Waals surface area contributed by atoms with Gasteiger partial charge in [0, 0.05) is 0 Å². The highest BCUT2D eigenvalue weighted by Crippen LogP contribution is 2.17. The highest BCUT2D eigenvalue weighted by molar-refractivity contribution is 5.71. The molecule has 0 fully saturated rings. The zero-order chi connectivity index (χ0) is 15.4. The van der Waals surface area contributed by atoms with Crippen LogP contribution in [0.3, 0.4) is 0 Å². The van der Waals surface area contributed by atoms with E-state index >= 15 is 0 Å². The second-order valence-electron chi connectivity index (χ2n) is 3.64. The second-order valence-corrected chi connectivity index (χ2v) is 3.64. The van der Waals surface area contributed by atoms with E-state index in [0.29, 0.717) is 0 Å². The molecule has 13 nitrogen and oxygen atoms in total. The molecule has 0 aliphatic carbocycles. The Hall–Kier alpha value is -3.38. The van der Waals surface area contributed by atoms with Gasteiger partial charge in [-0.3, -0.25) is 9.59 Å². The molecule has 13 heteroatoms. The van der Waals surface area contributed by atoms with E-state index in [1.165, 1.54) is 0 Å². The predicted molar refractivity (Wildman–Crippen MR) is 58.2 cm³/mol. The SMILES string of the molecule is O=C(O)Cc1nonc1N[N+](=O)c1nonc1CC(=O)O. The molecule has 0 aliphatic rings. The molecule has 0 aliphatic heterocycles. The summed E-state index contributed by atoms with van der Waals surface area (Å²) >= 11 is 0. The number of hydrazine groups is 1. The Morgan fingerprint density at radius 3 is 2.24 bits per heavy atom. The van der Waals surface area contributed by atoms with Crippen molar-refractivity contribution in [1.82, 2.24) is 20.6 Å². The molecule has 0 bridgehead atoms. The summed E-state index contributed by atoms with van der Waals surface area (Å²) in [6, 6.07) is 0. The average molecular weight is 299 g/mol. The number of nitrogens with one attached hydrogen (secondary N) is 1. The molecular weight excluding hydrogens is 292 g/mol. The van der Waals surface area contributed by atoms with Gasteiger partial charge >= 0.3 is 17.8 Å². The topological polar surface area (TPSA) is 185 Å². The summed E-state index contributed by atoms with van der Waals surface area (Å²) in [5, 5.41) is 30.4. The number of carboxylic acids is 2. The molecule has 0 atom stereocenters. The fraction of sp³-hybridized carbons (Fsp3) is 0.250. The van der Waals surface area contributed by atoms with E-state index in [4.69, 9.17) is 10.2 Å². The third-order valence-electron chi connectivity index (χ3n) is 2.13. The molecule has 0 aromatic carbocycles. The maximum atomic E-state index is 11.8. The van der Waals surface area contributed by atoms with Gasteiger partial charge in [0.1, 0.15) is 17.0 Å². The van der Waals surface area contributed by atoms with Crippen LogP contribution in [0.25, 0.3) is 0 Å². The molecule has 21 heavy (non-hydrogen) atoms. The van der Waals surface area contributed by atoms with Crippen molar-refractivity contribution in [2.45, 2.75) is 12.8 Å². The number of carboxylic acid groups (broad SMARTS) is 2. The van der Waals surface area contributed by atoms with Crippen molar-refractivity contribution in [2.75, 3.05) is 5.43 Å². The average Bonchev–Trinajstić information content (AvgIpc) is 2.98. The largest absolute Gasteiger partial charge is 0.481 e. The summed E-state index contributed by atoms with van der Waals surface area (Å²) < 4.78 is 8.60. The maximum Gasteiger partial charge on any atom is 0.462 e. The van der Waals surface area contributed by atoms with Gasteiger partial charge in [0.05, 0.1) is 6.42 Å². The smallest absolute Gasteiger partial charge is 0.462 e. The first-order valence-corrected chi connectivity index (χ1v) is 5.27. The summed E-state index contributed by atoms with van der Waals surface area (Å²) in [7, 11) is 0. The van der Waals surface area contributed by atoms with Gasteiger partial charge in [-0.1, -0.05) is 5.16 Å². The van der Waals surface area contributed by atoms with Crippen molar-refractivity contribution < 1.29 is 33.9 Å².